The van der Waals surface area contributed by atoms with Crippen molar-refractivity contribution in [1.29, 1.82) is 0 Å². The van der Waals surface area contributed by atoms with Crippen molar-refractivity contribution >= 4 is 51.8 Å². The van der Waals surface area contributed by atoms with Crippen LogP contribution in [0, 0.1) is 0 Å². The molecular formula is C32H30N4O5S2. The van der Waals surface area contributed by atoms with Crippen LogP contribution in [0.25, 0.3) is 0 Å². The molecule has 2 atom stereocenters. The van der Waals surface area contributed by atoms with Crippen LogP contribution in [-0.4, -0.2) is 52.7 Å². The van der Waals surface area contributed by atoms with E-state index in [-0.39, 0.29) is 24.5 Å². The second-order valence-electron chi connectivity index (χ2n) is 10.2. The van der Waals surface area contributed by atoms with Gasteiger partial charge in [0.05, 0.1) is 12.8 Å². The molecule has 220 valence electrons. The fourth-order valence-electron chi connectivity index (χ4n) is 4.80. The van der Waals surface area contributed by atoms with Crippen LogP contribution < -0.4 is 15.0 Å². The van der Waals surface area contributed by atoms with E-state index in [0.717, 1.165) is 24.0 Å². The molecule has 1 N–H and O–H groups in total. The summed E-state index contributed by atoms with van der Waals surface area (Å²) >= 11 is 2.82. The van der Waals surface area contributed by atoms with E-state index in [1.54, 1.807) is 43.0 Å². The molecule has 1 aromatic heterocycles. The van der Waals surface area contributed by atoms with Crippen molar-refractivity contribution in [2.45, 2.75) is 36.9 Å². The standard InChI is InChI=1S/C32H30N4O5S2/c1-40-26-15-9-23(10-16-26)30-36(32(39)41-19-21-5-3-2-4-6-21)27(20-43-30)29(38)35(31-33-17-18-42-31)25-13-7-22(8-14-25)28(37)34-24-11-12-24/h2-10,13-18,24,27,30H,11-12,19-20H2,1H3,(H,34,37). The molecule has 2 aliphatic rings. The van der Waals surface area contributed by atoms with Crippen molar-refractivity contribution in [3.8, 4) is 5.75 Å². The van der Waals surface area contributed by atoms with Gasteiger partial charge in [-0.05, 0) is 60.4 Å². The van der Waals surface area contributed by atoms with Gasteiger partial charge in [0, 0.05) is 28.9 Å². The van der Waals surface area contributed by atoms with Crippen molar-refractivity contribution in [3.63, 3.8) is 0 Å². The van der Waals surface area contributed by atoms with E-state index >= 15 is 0 Å². The summed E-state index contributed by atoms with van der Waals surface area (Å²) in [6.45, 7) is 0.0810. The van der Waals surface area contributed by atoms with Gasteiger partial charge in [0.2, 0.25) is 0 Å². The van der Waals surface area contributed by atoms with Crippen LogP contribution >= 0.6 is 23.1 Å². The second-order valence-corrected chi connectivity index (χ2v) is 12.2. The average Bonchev–Trinajstić information content (AvgIpc) is 3.49. The van der Waals surface area contributed by atoms with Crippen molar-refractivity contribution in [1.82, 2.24) is 15.2 Å². The summed E-state index contributed by atoms with van der Waals surface area (Å²) in [5, 5.41) is 4.80. The first-order valence-corrected chi connectivity index (χ1v) is 15.8. The summed E-state index contributed by atoms with van der Waals surface area (Å²) in [7, 11) is 1.60. The van der Waals surface area contributed by atoms with Crippen LogP contribution in [0.2, 0.25) is 0 Å². The molecule has 9 nitrogen and oxygen atoms in total. The molecule has 2 heterocycles. The van der Waals surface area contributed by atoms with Gasteiger partial charge in [0.25, 0.3) is 11.8 Å². The summed E-state index contributed by atoms with van der Waals surface area (Å²) < 4.78 is 11.1. The number of nitrogens with zero attached hydrogens (tertiary/aromatic N) is 3. The molecule has 0 spiro atoms. The van der Waals surface area contributed by atoms with E-state index in [1.165, 1.54) is 32.9 Å². The lowest BCUT2D eigenvalue weighted by atomic mass is 10.1. The molecule has 6 rings (SSSR count). The number of aromatic nitrogens is 1. The van der Waals surface area contributed by atoms with Gasteiger partial charge < -0.3 is 14.8 Å². The van der Waals surface area contributed by atoms with Crippen LogP contribution in [0.3, 0.4) is 0 Å². The Kier molecular flexibility index (Phi) is 8.62. The van der Waals surface area contributed by atoms with E-state index in [9.17, 15) is 14.4 Å². The molecule has 2 fully saturated rings. The molecule has 3 amide bonds. The number of nitrogens with one attached hydrogen (secondary N) is 1. The molecule has 0 bridgehead atoms. The van der Waals surface area contributed by atoms with Crippen LogP contribution in [0.15, 0.2) is 90.4 Å². The summed E-state index contributed by atoms with van der Waals surface area (Å²) in [4.78, 5) is 48.2. The van der Waals surface area contributed by atoms with E-state index in [0.29, 0.717) is 27.9 Å². The third-order valence-electron chi connectivity index (χ3n) is 7.23. The second kappa shape index (κ2) is 12.9. The Morgan fingerprint density at radius 3 is 2.40 bits per heavy atom. The molecule has 1 aliphatic heterocycles. The Labute approximate surface area is 257 Å². The van der Waals surface area contributed by atoms with Gasteiger partial charge in [-0.2, -0.15) is 0 Å². The normalized spacial score (nSPS) is 17.7. The lowest BCUT2D eigenvalue weighted by molar-refractivity contribution is -0.121. The molecule has 43 heavy (non-hydrogen) atoms. The van der Waals surface area contributed by atoms with E-state index < -0.39 is 17.5 Å². The van der Waals surface area contributed by atoms with Crippen LogP contribution in [0.5, 0.6) is 5.75 Å². The number of anilines is 2. The summed E-state index contributed by atoms with van der Waals surface area (Å²) in [6.07, 6.45) is 3.04. The molecule has 1 saturated carbocycles. The largest absolute Gasteiger partial charge is 0.497 e. The third kappa shape index (κ3) is 6.52. The maximum Gasteiger partial charge on any atom is 0.412 e. The number of thiazole rings is 1. The van der Waals surface area contributed by atoms with Crippen molar-refractivity contribution in [3.05, 3.63) is 107 Å². The fourth-order valence-corrected chi connectivity index (χ4v) is 6.88. The molecule has 11 heteroatoms. The number of amides is 3. The maximum atomic E-state index is 14.4. The lowest BCUT2D eigenvalue weighted by Crippen LogP contribution is -2.48. The van der Waals surface area contributed by atoms with Crippen molar-refractivity contribution in [2.75, 3.05) is 17.8 Å². The SMILES string of the molecule is COc1ccc(C2SCC(C(=O)N(c3ccc(C(=O)NC4CC4)cc3)c3nccs3)N2C(=O)OCc2ccccc2)cc1. The first kappa shape index (κ1) is 28.8. The Bertz CT molecular complexity index is 1560. The quantitative estimate of drug-likeness (QED) is 0.241. The minimum absolute atomic E-state index is 0.0810. The Hall–Kier alpha value is -4.35. The van der Waals surface area contributed by atoms with E-state index in [2.05, 4.69) is 10.3 Å². The Morgan fingerprint density at radius 2 is 1.74 bits per heavy atom. The molecule has 0 radical (unpaired) electrons. The lowest BCUT2D eigenvalue weighted by Gasteiger charge is -2.31. The highest BCUT2D eigenvalue weighted by molar-refractivity contribution is 7.99. The first-order chi connectivity index (χ1) is 21.0. The molecule has 1 saturated heterocycles. The average molecular weight is 615 g/mol. The van der Waals surface area contributed by atoms with Crippen molar-refractivity contribution in [2.24, 2.45) is 0 Å². The predicted octanol–water partition coefficient (Wildman–Crippen LogP) is 6.16. The highest BCUT2D eigenvalue weighted by atomic mass is 32.2. The van der Waals surface area contributed by atoms with Gasteiger partial charge in [-0.15, -0.1) is 23.1 Å². The number of thioether (sulfide) groups is 1. The van der Waals surface area contributed by atoms with Crippen LogP contribution in [0.4, 0.5) is 15.6 Å². The molecular weight excluding hydrogens is 585 g/mol. The minimum atomic E-state index is -0.831. The number of methoxy groups -OCH3 is 1. The number of hydrogen-bond donors (Lipinski definition) is 1. The zero-order valence-corrected chi connectivity index (χ0v) is 25.1. The smallest absolute Gasteiger partial charge is 0.412 e. The number of rotatable bonds is 9. The number of carbonyl (C=O) groups is 3. The van der Waals surface area contributed by atoms with Crippen LogP contribution in [-0.2, 0) is 16.1 Å². The summed E-state index contributed by atoms with van der Waals surface area (Å²) in [6, 6.07) is 23.2. The minimum Gasteiger partial charge on any atom is -0.497 e. The van der Waals surface area contributed by atoms with Gasteiger partial charge in [-0.3, -0.25) is 19.4 Å². The van der Waals surface area contributed by atoms with Gasteiger partial charge >= 0.3 is 6.09 Å². The molecule has 3 aromatic carbocycles. The third-order valence-corrected chi connectivity index (χ3v) is 9.31. The Morgan fingerprint density at radius 1 is 1.00 bits per heavy atom. The number of ether oxygens (including phenoxy) is 2. The zero-order valence-electron chi connectivity index (χ0n) is 23.4. The van der Waals surface area contributed by atoms with Gasteiger partial charge in [-0.1, -0.05) is 42.5 Å². The highest BCUT2D eigenvalue weighted by Gasteiger charge is 2.45. The molecule has 1 aliphatic carbocycles. The monoisotopic (exact) mass is 614 g/mol. The predicted molar refractivity (Wildman–Crippen MR) is 167 cm³/mol. The maximum absolute atomic E-state index is 14.4. The van der Waals surface area contributed by atoms with Gasteiger partial charge in [0.1, 0.15) is 23.8 Å². The zero-order chi connectivity index (χ0) is 29.8. The summed E-state index contributed by atoms with van der Waals surface area (Å²) in [5.41, 5.74) is 2.77. The number of hydrogen-bond acceptors (Lipinski definition) is 8. The topological polar surface area (TPSA) is 101 Å². The van der Waals surface area contributed by atoms with Gasteiger partial charge in [0.15, 0.2) is 5.13 Å². The number of carbonyl (C=O) groups excluding carboxylic acids is 3. The Balaban J connectivity index is 1.29. The summed E-state index contributed by atoms with van der Waals surface area (Å²) in [5.74, 6) is 0.606. The highest BCUT2D eigenvalue weighted by Crippen LogP contribution is 2.44. The molecule has 4 aromatic rings. The van der Waals surface area contributed by atoms with Gasteiger partial charge in [-0.25, -0.2) is 9.78 Å². The van der Waals surface area contributed by atoms with E-state index in [4.69, 9.17) is 9.47 Å². The van der Waals surface area contributed by atoms with E-state index in [1.807, 2.05) is 54.6 Å². The first-order valence-electron chi connectivity index (χ1n) is 13.9. The van der Waals surface area contributed by atoms with Crippen LogP contribution in [0.1, 0.15) is 39.7 Å². The van der Waals surface area contributed by atoms with Crippen molar-refractivity contribution < 1.29 is 23.9 Å². The molecule has 2 unspecified atom stereocenters. The number of benzene rings is 3. The fraction of sp³-hybridized carbons (Fsp3) is 0.250.